The third-order valence-corrected chi connectivity index (χ3v) is 3.37. The highest BCUT2D eigenvalue weighted by Gasteiger charge is 2.17. The van der Waals surface area contributed by atoms with E-state index < -0.39 is 0 Å². The van der Waals surface area contributed by atoms with Gasteiger partial charge >= 0.3 is 0 Å². The predicted octanol–water partition coefficient (Wildman–Crippen LogP) is 2.91. The zero-order valence-electron chi connectivity index (χ0n) is 11.2. The molecule has 0 radical (unpaired) electrons. The molecule has 1 aliphatic rings. The van der Waals surface area contributed by atoms with Crippen molar-refractivity contribution in [1.29, 1.82) is 0 Å². The molecule has 1 atom stereocenters. The van der Waals surface area contributed by atoms with Crippen molar-refractivity contribution in [2.75, 3.05) is 20.3 Å². The SMILES string of the molecule is CNC(c1cccc(F)c1)c1ccc2c(c1)OCCO2. The lowest BCUT2D eigenvalue weighted by Crippen LogP contribution is -2.19. The Bertz CT molecular complexity index is 615. The minimum absolute atomic E-state index is 0.0819. The van der Waals surface area contributed by atoms with Crippen molar-refractivity contribution < 1.29 is 13.9 Å². The van der Waals surface area contributed by atoms with Gasteiger partial charge in [-0.25, -0.2) is 4.39 Å². The minimum atomic E-state index is -0.236. The topological polar surface area (TPSA) is 30.5 Å². The van der Waals surface area contributed by atoms with Gasteiger partial charge in [0, 0.05) is 0 Å². The second-order valence-corrected chi connectivity index (χ2v) is 4.68. The average Bonchev–Trinajstić information content (AvgIpc) is 2.48. The van der Waals surface area contributed by atoms with Gasteiger partial charge in [-0.05, 0) is 42.4 Å². The summed E-state index contributed by atoms with van der Waals surface area (Å²) in [6, 6.07) is 12.3. The lowest BCUT2D eigenvalue weighted by Gasteiger charge is -2.22. The van der Waals surface area contributed by atoms with Crippen LogP contribution < -0.4 is 14.8 Å². The maximum atomic E-state index is 13.4. The Morgan fingerprint density at radius 1 is 1.00 bits per heavy atom. The summed E-state index contributed by atoms with van der Waals surface area (Å²) in [5.41, 5.74) is 1.89. The van der Waals surface area contributed by atoms with Crippen molar-refractivity contribution >= 4 is 0 Å². The van der Waals surface area contributed by atoms with Crippen LogP contribution in [0.1, 0.15) is 17.2 Å². The Labute approximate surface area is 117 Å². The zero-order valence-corrected chi connectivity index (χ0v) is 11.2. The maximum Gasteiger partial charge on any atom is 0.161 e. The Morgan fingerprint density at radius 2 is 1.75 bits per heavy atom. The molecule has 3 rings (SSSR count). The molecule has 0 fully saturated rings. The zero-order chi connectivity index (χ0) is 13.9. The number of fused-ring (bicyclic) bond motifs is 1. The molecule has 104 valence electrons. The summed E-state index contributed by atoms with van der Waals surface area (Å²) in [6.45, 7) is 1.13. The van der Waals surface area contributed by atoms with Crippen LogP contribution in [0.25, 0.3) is 0 Å². The van der Waals surface area contributed by atoms with Crippen LogP contribution in [-0.4, -0.2) is 20.3 Å². The molecule has 4 heteroatoms. The lowest BCUT2D eigenvalue weighted by molar-refractivity contribution is 0.171. The van der Waals surface area contributed by atoms with E-state index in [-0.39, 0.29) is 11.9 Å². The summed E-state index contributed by atoms with van der Waals surface area (Å²) >= 11 is 0. The summed E-state index contributed by atoms with van der Waals surface area (Å²) in [7, 11) is 1.85. The third-order valence-electron chi connectivity index (χ3n) is 3.37. The van der Waals surface area contributed by atoms with Crippen molar-refractivity contribution in [3.8, 4) is 11.5 Å². The number of ether oxygens (including phenoxy) is 2. The maximum absolute atomic E-state index is 13.4. The molecule has 0 amide bonds. The van der Waals surface area contributed by atoms with E-state index in [1.807, 2.05) is 31.3 Å². The van der Waals surface area contributed by atoms with E-state index in [2.05, 4.69) is 5.32 Å². The molecule has 2 aromatic rings. The molecule has 20 heavy (non-hydrogen) atoms. The third kappa shape index (κ3) is 2.47. The first-order valence-electron chi connectivity index (χ1n) is 6.60. The van der Waals surface area contributed by atoms with Gasteiger partial charge in [0.2, 0.25) is 0 Å². The van der Waals surface area contributed by atoms with Crippen LogP contribution in [0.5, 0.6) is 11.5 Å². The highest BCUT2D eigenvalue weighted by molar-refractivity contribution is 5.46. The van der Waals surface area contributed by atoms with E-state index in [0.29, 0.717) is 13.2 Å². The number of hydrogen-bond acceptors (Lipinski definition) is 3. The van der Waals surface area contributed by atoms with Crippen LogP contribution in [0.2, 0.25) is 0 Å². The number of hydrogen-bond donors (Lipinski definition) is 1. The highest BCUT2D eigenvalue weighted by Crippen LogP contribution is 2.34. The van der Waals surface area contributed by atoms with Gasteiger partial charge in [0.1, 0.15) is 19.0 Å². The molecule has 1 unspecified atom stereocenters. The smallest absolute Gasteiger partial charge is 0.161 e. The van der Waals surface area contributed by atoms with Crippen molar-refractivity contribution in [2.24, 2.45) is 0 Å². The normalized spacial score (nSPS) is 14.9. The van der Waals surface area contributed by atoms with Crippen molar-refractivity contribution in [1.82, 2.24) is 5.32 Å². The van der Waals surface area contributed by atoms with Crippen molar-refractivity contribution in [3.05, 3.63) is 59.4 Å². The molecular formula is C16H16FNO2. The standard InChI is InChI=1S/C16H16FNO2/c1-18-16(11-3-2-4-13(17)9-11)12-5-6-14-15(10-12)20-8-7-19-14/h2-6,9-10,16,18H,7-8H2,1H3. The fourth-order valence-electron chi connectivity index (χ4n) is 2.45. The number of rotatable bonds is 3. The Hall–Kier alpha value is -2.07. The van der Waals surface area contributed by atoms with E-state index >= 15 is 0 Å². The first-order chi connectivity index (χ1) is 9.78. The van der Waals surface area contributed by atoms with E-state index in [9.17, 15) is 4.39 Å². The van der Waals surface area contributed by atoms with E-state index in [1.165, 1.54) is 12.1 Å². The highest BCUT2D eigenvalue weighted by atomic mass is 19.1. The summed E-state index contributed by atoms with van der Waals surface area (Å²) < 4.78 is 24.5. The Balaban J connectivity index is 1.97. The second-order valence-electron chi connectivity index (χ2n) is 4.68. The number of nitrogens with one attached hydrogen (secondary N) is 1. The molecule has 0 spiro atoms. The fourth-order valence-corrected chi connectivity index (χ4v) is 2.45. The Kier molecular flexibility index (Phi) is 3.56. The van der Waals surface area contributed by atoms with Gasteiger partial charge in [0.25, 0.3) is 0 Å². The van der Waals surface area contributed by atoms with E-state index in [1.54, 1.807) is 6.07 Å². The number of benzene rings is 2. The summed E-state index contributed by atoms with van der Waals surface area (Å²) in [4.78, 5) is 0. The predicted molar refractivity (Wildman–Crippen MR) is 74.7 cm³/mol. The first kappa shape index (κ1) is 12.9. The van der Waals surface area contributed by atoms with Gasteiger partial charge < -0.3 is 14.8 Å². The molecule has 1 heterocycles. The van der Waals surface area contributed by atoms with Gasteiger partial charge in [0.15, 0.2) is 11.5 Å². The van der Waals surface area contributed by atoms with Crippen molar-refractivity contribution in [3.63, 3.8) is 0 Å². The second kappa shape index (κ2) is 5.51. The molecule has 0 saturated carbocycles. The summed E-state index contributed by atoms with van der Waals surface area (Å²) in [5.74, 6) is 1.26. The Morgan fingerprint density at radius 3 is 2.50 bits per heavy atom. The molecule has 0 aromatic heterocycles. The lowest BCUT2D eigenvalue weighted by atomic mass is 9.98. The van der Waals surface area contributed by atoms with Gasteiger partial charge in [-0.1, -0.05) is 18.2 Å². The van der Waals surface area contributed by atoms with Crippen LogP contribution in [0, 0.1) is 5.82 Å². The van der Waals surface area contributed by atoms with Gasteiger partial charge in [0.05, 0.1) is 6.04 Å². The molecular weight excluding hydrogens is 257 g/mol. The van der Waals surface area contributed by atoms with Crippen LogP contribution in [-0.2, 0) is 0 Å². The van der Waals surface area contributed by atoms with Gasteiger partial charge in [-0.2, -0.15) is 0 Å². The number of halogens is 1. The molecule has 3 nitrogen and oxygen atoms in total. The summed E-state index contributed by atoms with van der Waals surface area (Å²) in [6.07, 6.45) is 0. The monoisotopic (exact) mass is 273 g/mol. The van der Waals surface area contributed by atoms with E-state index in [0.717, 1.165) is 22.6 Å². The quantitative estimate of drug-likeness (QED) is 0.932. The van der Waals surface area contributed by atoms with Crippen LogP contribution >= 0.6 is 0 Å². The van der Waals surface area contributed by atoms with Crippen molar-refractivity contribution in [2.45, 2.75) is 6.04 Å². The molecule has 1 N–H and O–H groups in total. The van der Waals surface area contributed by atoms with Crippen LogP contribution in [0.4, 0.5) is 4.39 Å². The van der Waals surface area contributed by atoms with Crippen LogP contribution in [0.15, 0.2) is 42.5 Å². The van der Waals surface area contributed by atoms with Crippen LogP contribution in [0.3, 0.4) is 0 Å². The molecule has 2 aromatic carbocycles. The summed E-state index contributed by atoms with van der Waals surface area (Å²) in [5, 5.41) is 3.21. The van der Waals surface area contributed by atoms with Gasteiger partial charge in [-0.3, -0.25) is 0 Å². The molecule has 0 saturated heterocycles. The average molecular weight is 273 g/mol. The minimum Gasteiger partial charge on any atom is -0.486 e. The van der Waals surface area contributed by atoms with E-state index in [4.69, 9.17) is 9.47 Å². The largest absolute Gasteiger partial charge is 0.486 e. The van der Waals surface area contributed by atoms with Gasteiger partial charge in [-0.15, -0.1) is 0 Å². The molecule has 0 aliphatic carbocycles. The fraction of sp³-hybridized carbons (Fsp3) is 0.250. The first-order valence-corrected chi connectivity index (χ1v) is 6.60. The molecule has 1 aliphatic heterocycles. The molecule has 0 bridgehead atoms.